The smallest absolute Gasteiger partial charge is 0.252 e. The van der Waals surface area contributed by atoms with Crippen LogP contribution < -0.4 is 11.1 Å². The van der Waals surface area contributed by atoms with E-state index >= 15 is 0 Å². The number of benzene rings is 1. The van der Waals surface area contributed by atoms with Crippen LogP contribution in [-0.2, 0) is 4.79 Å². The molecule has 1 saturated heterocycles. The zero-order valence-electron chi connectivity index (χ0n) is 15.3. The summed E-state index contributed by atoms with van der Waals surface area (Å²) in [6, 6.07) is 6.96. The molecule has 1 aromatic rings. The van der Waals surface area contributed by atoms with Gasteiger partial charge >= 0.3 is 0 Å². The molecule has 140 valence electrons. The van der Waals surface area contributed by atoms with E-state index in [1.807, 2.05) is 30.0 Å². The Balaban J connectivity index is 0.00000312. The van der Waals surface area contributed by atoms with E-state index in [1.54, 1.807) is 6.07 Å². The van der Waals surface area contributed by atoms with Crippen molar-refractivity contribution in [2.24, 2.45) is 17.6 Å². The molecule has 1 aromatic carbocycles. The van der Waals surface area contributed by atoms with Crippen molar-refractivity contribution >= 4 is 24.2 Å². The van der Waals surface area contributed by atoms with Crippen LogP contribution in [0.1, 0.15) is 42.6 Å². The Labute approximate surface area is 156 Å². The van der Waals surface area contributed by atoms with E-state index in [0.29, 0.717) is 36.9 Å². The Morgan fingerprint density at radius 3 is 2.56 bits per heavy atom. The second-order valence-electron chi connectivity index (χ2n) is 7.15. The second-order valence-corrected chi connectivity index (χ2v) is 7.15. The Bertz CT molecular complexity index is 592. The van der Waals surface area contributed by atoms with E-state index in [0.717, 1.165) is 18.5 Å². The predicted octanol–water partition coefficient (Wildman–Crippen LogP) is 2.37. The van der Waals surface area contributed by atoms with Gasteiger partial charge in [0.2, 0.25) is 5.91 Å². The predicted molar refractivity (Wildman–Crippen MR) is 103 cm³/mol. The minimum absolute atomic E-state index is 0. The monoisotopic (exact) mass is 367 g/mol. The zero-order valence-corrected chi connectivity index (χ0v) is 16.1. The molecule has 1 aliphatic heterocycles. The van der Waals surface area contributed by atoms with Crippen LogP contribution in [-0.4, -0.2) is 42.4 Å². The molecule has 3 N–H and O–H groups in total. The Kier molecular flexibility index (Phi) is 8.39. The van der Waals surface area contributed by atoms with Gasteiger partial charge < -0.3 is 16.0 Å². The molecule has 0 saturated carbocycles. The third kappa shape index (κ3) is 5.72. The lowest BCUT2D eigenvalue weighted by molar-refractivity contribution is -0.132. The molecule has 2 unspecified atom stereocenters. The van der Waals surface area contributed by atoms with Gasteiger partial charge in [-0.1, -0.05) is 32.0 Å². The molecular weight excluding hydrogens is 338 g/mol. The van der Waals surface area contributed by atoms with Gasteiger partial charge in [-0.15, -0.1) is 12.4 Å². The van der Waals surface area contributed by atoms with Crippen LogP contribution in [0, 0.1) is 18.8 Å². The summed E-state index contributed by atoms with van der Waals surface area (Å²) in [5, 5.41) is 2.95. The number of rotatable bonds is 6. The quantitative estimate of drug-likeness (QED) is 0.810. The number of hydrogen-bond donors (Lipinski definition) is 2. The molecule has 2 atom stereocenters. The number of likely N-dealkylation sites (tertiary alicyclic amines) is 1. The van der Waals surface area contributed by atoms with Gasteiger partial charge in [0, 0.05) is 18.7 Å². The molecule has 1 fully saturated rings. The zero-order chi connectivity index (χ0) is 17.7. The molecule has 6 heteroatoms. The SMILES string of the molecule is Cc1ccccc1C(=O)NC(CC(C)C)C(=O)N1CCC(CN)C1.Cl. The minimum Gasteiger partial charge on any atom is -0.341 e. The first-order valence-electron chi connectivity index (χ1n) is 8.77. The third-order valence-electron chi connectivity index (χ3n) is 4.63. The number of nitrogens with two attached hydrogens (primary N) is 1. The Morgan fingerprint density at radius 1 is 1.32 bits per heavy atom. The fourth-order valence-electron chi connectivity index (χ4n) is 3.20. The maximum Gasteiger partial charge on any atom is 0.252 e. The Morgan fingerprint density at radius 2 is 2.00 bits per heavy atom. The van der Waals surface area contributed by atoms with Gasteiger partial charge in [-0.05, 0) is 49.8 Å². The largest absolute Gasteiger partial charge is 0.341 e. The summed E-state index contributed by atoms with van der Waals surface area (Å²) in [7, 11) is 0. The van der Waals surface area contributed by atoms with Crippen molar-refractivity contribution in [3.63, 3.8) is 0 Å². The number of nitrogens with one attached hydrogen (secondary N) is 1. The Hall–Kier alpha value is -1.59. The summed E-state index contributed by atoms with van der Waals surface area (Å²) in [5.41, 5.74) is 7.26. The van der Waals surface area contributed by atoms with Crippen molar-refractivity contribution in [1.82, 2.24) is 10.2 Å². The third-order valence-corrected chi connectivity index (χ3v) is 4.63. The van der Waals surface area contributed by atoms with Crippen molar-refractivity contribution in [2.45, 2.75) is 39.7 Å². The van der Waals surface area contributed by atoms with Crippen LogP contribution in [0.4, 0.5) is 0 Å². The van der Waals surface area contributed by atoms with Gasteiger partial charge in [-0.2, -0.15) is 0 Å². The van der Waals surface area contributed by atoms with Crippen LogP contribution in [0.2, 0.25) is 0 Å². The van der Waals surface area contributed by atoms with Crippen LogP contribution in [0.5, 0.6) is 0 Å². The fraction of sp³-hybridized carbons (Fsp3) is 0.579. The molecule has 1 aliphatic rings. The number of aryl methyl sites for hydroxylation is 1. The first-order valence-corrected chi connectivity index (χ1v) is 8.77. The van der Waals surface area contributed by atoms with E-state index in [9.17, 15) is 9.59 Å². The van der Waals surface area contributed by atoms with E-state index in [2.05, 4.69) is 19.2 Å². The highest BCUT2D eigenvalue weighted by atomic mass is 35.5. The number of carbonyl (C=O) groups is 2. The first-order chi connectivity index (χ1) is 11.4. The maximum atomic E-state index is 12.9. The summed E-state index contributed by atoms with van der Waals surface area (Å²) in [6.07, 6.45) is 1.59. The normalized spacial score (nSPS) is 18.0. The number of nitrogens with zero attached hydrogens (tertiary/aromatic N) is 1. The molecule has 5 nitrogen and oxygen atoms in total. The van der Waals surface area contributed by atoms with Gasteiger partial charge in [0.05, 0.1) is 0 Å². The lowest BCUT2D eigenvalue weighted by atomic mass is 10.0. The summed E-state index contributed by atoms with van der Waals surface area (Å²) < 4.78 is 0. The summed E-state index contributed by atoms with van der Waals surface area (Å²) >= 11 is 0. The van der Waals surface area contributed by atoms with Crippen molar-refractivity contribution in [3.8, 4) is 0 Å². The first kappa shape index (κ1) is 21.5. The van der Waals surface area contributed by atoms with Gasteiger partial charge in [-0.3, -0.25) is 9.59 Å². The number of hydrogen-bond acceptors (Lipinski definition) is 3. The van der Waals surface area contributed by atoms with Gasteiger partial charge in [0.15, 0.2) is 0 Å². The van der Waals surface area contributed by atoms with Crippen molar-refractivity contribution in [2.75, 3.05) is 19.6 Å². The van der Waals surface area contributed by atoms with Gasteiger partial charge in [-0.25, -0.2) is 0 Å². The molecule has 0 radical (unpaired) electrons. The molecule has 25 heavy (non-hydrogen) atoms. The van der Waals surface area contributed by atoms with Crippen LogP contribution >= 0.6 is 12.4 Å². The van der Waals surface area contributed by atoms with E-state index < -0.39 is 6.04 Å². The minimum atomic E-state index is -0.478. The van der Waals surface area contributed by atoms with E-state index in [-0.39, 0.29) is 24.2 Å². The summed E-state index contributed by atoms with van der Waals surface area (Å²) in [5.74, 6) is 0.535. The highest BCUT2D eigenvalue weighted by molar-refractivity contribution is 5.98. The number of carbonyl (C=O) groups excluding carboxylic acids is 2. The summed E-state index contributed by atoms with van der Waals surface area (Å²) in [4.78, 5) is 27.3. The molecule has 2 amide bonds. The van der Waals surface area contributed by atoms with Crippen LogP contribution in [0.3, 0.4) is 0 Å². The molecule has 0 spiro atoms. The number of halogens is 1. The average molecular weight is 368 g/mol. The van der Waals surface area contributed by atoms with Crippen LogP contribution in [0.15, 0.2) is 24.3 Å². The van der Waals surface area contributed by atoms with Crippen molar-refractivity contribution in [1.29, 1.82) is 0 Å². The maximum absolute atomic E-state index is 12.9. The van der Waals surface area contributed by atoms with E-state index in [1.165, 1.54) is 0 Å². The van der Waals surface area contributed by atoms with Crippen molar-refractivity contribution < 1.29 is 9.59 Å². The standard InChI is InChI=1S/C19H29N3O2.ClH/c1-13(2)10-17(19(24)22-9-8-15(11-20)12-22)21-18(23)16-7-5-4-6-14(16)3;/h4-7,13,15,17H,8-12,20H2,1-3H3,(H,21,23);1H. The highest BCUT2D eigenvalue weighted by Gasteiger charge is 2.31. The fourth-order valence-corrected chi connectivity index (χ4v) is 3.20. The average Bonchev–Trinajstić information content (AvgIpc) is 3.02. The molecule has 1 heterocycles. The summed E-state index contributed by atoms with van der Waals surface area (Å²) in [6.45, 7) is 8.06. The topological polar surface area (TPSA) is 75.4 Å². The second kappa shape index (κ2) is 9.78. The molecule has 0 aromatic heterocycles. The van der Waals surface area contributed by atoms with Gasteiger partial charge in [0.1, 0.15) is 6.04 Å². The number of amides is 2. The lowest BCUT2D eigenvalue weighted by Crippen LogP contribution is -2.48. The molecule has 0 aliphatic carbocycles. The molecule has 2 rings (SSSR count). The molecular formula is C19H30ClN3O2. The lowest BCUT2D eigenvalue weighted by Gasteiger charge is -2.26. The molecule has 0 bridgehead atoms. The van der Waals surface area contributed by atoms with E-state index in [4.69, 9.17) is 5.73 Å². The van der Waals surface area contributed by atoms with Crippen LogP contribution in [0.25, 0.3) is 0 Å². The highest BCUT2D eigenvalue weighted by Crippen LogP contribution is 2.18. The van der Waals surface area contributed by atoms with Crippen molar-refractivity contribution in [3.05, 3.63) is 35.4 Å². The van der Waals surface area contributed by atoms with Gasteiger partial charge in [0.25, 0.3) is 5.91 Å².